The number of fused-ring (bicyclic) bond motifs is 1. The monoisotopic (exact) mass is 366 g/mol. The number of nitrogens with zero attached hydrogens (tertiary/aromatic N) is 3. The Bertz CT molecular complexity index is 974. The predicted molar refractivity (Wildman–Crippen MR) is 106 cm³/mol. The van der Waals surface area contributed by atoms with Gasteiger partial charge in [-0.25, -0.2) is 4.98 Å². The molecule has 2 heterocycles. The maximum atomic E-state index is 12.8. The molecular weight excluding hydrogens is 340 g/mol. The first-order valence-electron chi connectivity index (χ1n) is 9.15. The molecule has 6 nitrogen and oxygen atoms in total. The lowest BCUT2D eigenvalue weighted by Gasteiger charge is -2.14. The number of rotatable bonds is 5. The quantitative estimate of drug-likeness (QED) is 0.727. The van der Waals surface area contributed by atoms with Gasteiger partial charge in [0.05, 0.1) is 22.7 Å². The normalized spacial score (nSPS) is 12.6. The van der Waals surface area contributed by atoms with Gasteiger partial charge in [0.25, 0.3) is 5.91 Å². The molecule has 1 aromatic carbocycles. The van der Waals surface area contributed by atoms with Crippen molar-refractivity contribution in [1.82, 2.24) is 20.1 Å². The van der Waals surface area contributed by atoms with Crippen LogP contribution in [0.4, 0.5) is 0 Å². The van der Waals surface area contributed by atoms with Gasteiger partial charge in [-0.3, -0.25) is 9.48 Å². The Kier molecular flexibility index (Phi) is 5.28. The van der Waals surface area contributed by atoms with E-state index in [9.17, 15) is 9.90 Å². The van der Waals surface area contributed by atoms with Gasteiger partial charge < -0.3 is 10.4 Å². The van der Waals surface area contributed by atoms with Crippen molar-refractivity contribution in [2.45, 2.75) is 39.7 Å². The molecule has 0 fully saturated rings. The molecule has 3 rings (SSSR count). The minimum absolute atomic E-state index is 0.141. The van der Waals surface area contributed by atoms with Gasteiger partial charge >= 0.3 is 0 Å². The van der Waals surface area contributed by atoms with E-state index in [1.807, 2.05) is 45.2 Å². The first kappa shape index (κ1) is 19.0. The van der Waals surface area contributed by atoms with Crippen LogP contribution in [0.15, 0.2) is 30.3 Å². The number of hydrogen-bond acceptors (Lipinski definition) is 4. The molecule has 0 aliphatic carbocycles. The topological polar surface area (TPSA) is 80.0 Å². The summed E-state index contributed by atoms with van der Waals surface area (Å²) >= 11 is 0. The number of aliphatic hydroxyl groups is 1. The molecule has 1 unspecified atom stereocenters. The lowest BCUT2D eigenvalue weighted by Crippen LogP contribution is -2.28. The molecule has 0 spiro atoms. The first-order valence-corrected chi connectivity index (χ1v) is 9.15. The van der Waals surface area contributed by atoms with Gasteiger partial charge in [0.2, 0.25) is 0 Å². The Morgan fingerprint density at radius 1 is 1.19 bits per heavy atom. The third-order valence-corrected chi connectivity index (χ3v) is 4.79. The zero-order valence-corrected chi connectivity index (χ0v) is 16.4. The van der Waals surface area contributed by atoms with Crippen LogP contribution in [0, 0.1) is 13.8 Å². The molecule has 0 aliphatic rings. The lowest BCUT2D eigenvalue weighted by molar-refractivity contribution is 0.0917. The molecule has 0 bridgehead atoms. The predicted octanol–water partition coefficient (Wildman–Crippen LogP) is 3.17. The fraction of sp³-hybridized carbons (Fsp3) is 0.381. The van der Waals surface area contributed by atoms with Crippen molar-refractivity contribution >= 4 is 16.9 Å². The lowest BCUT2D eigenvalue weighted by atomic mass is 10.00. The van der Waals surface area contributed by atoms with Gasteiger partial charge in [0.15, 0.2) is 5.65 Å². The van der Waals surface area contributed by atoms with Crippen molar-refractivity contribution in [3.63, 3.8) is 0 Å². The van der Waals surface area contributed by atoms with Crippen LogP contribution >= 0.6 is 0 Å². The highest BCUT2D eigenvalue weighted by molar-refractivity contribution is 6.06. The molecule has 27 heavy (non-hydrogen) atoms. The van der Waals surface area contributed by atoms with E-state index in [0.717, 1.165) is 22.3 Å². The number of aliphatic hydroxyl groups excluding tert-OH is 1. The average molecular weight is 366 g/mol. The van der Waals surface area contributed by atoms with Crippen molar-refractivity contribution in [3.05, 3.63) is 58.4 Å². The van der Waals surface area contributed by atoms with E-state index in [0.29, 0.717) is 17.1 Å². The number of aromatic nitrogens is 3. The second kappa shape index (κ2) is 7.48. The van der Waals surface area contributed by atoms with Crippen LogP contribution < -0.4 is 5.32 Å². The zero-order chi connectivity index (χ0) is 19.7. The first-order chi connectivity index (χ1) is 12.8. The van der Waals surface area contributed by atoms with Crippen LogP contribution in [0.1, 0.15) is 58.7 Å². The molecule has 1 amide bonds. The van der Waals surface area contributed by atoms with Crippen LogP contribution in [-0.2, 0) is 7.05 Å². The van der Waals surface area contributed by atoms with Crippen molar-refractivity contribution in [2.75, 3.05) is 6.54 Å². The van der Waals surface area contributed by atoms with Crippen LogP contribution in [0.5, 0.6) is 0 Å². The Morgan fingerprint density at radius 3 is 2.44 bits per heavy atom. The number of carbonyl (C=O) groups is 1. The number of benzene rings is 1. The summed E-state index contributed by atoms with van der Waals surface area (Å²) in [6, 6.07) is 9.61. The van der Waals surface area contributed by atoms with E-state index < -0.39 is 6.10 Å². The van der Waals surface area contributed by atoms with E-state index in [1.165, 1.54) is 5.56 Å². The smallest absolute Gasteiger partial charge is 0.252 e. The average Bonchev–Trinajstić information content (AvgIpc) is 2.92. The van der Waals surface area contributed by atoms with E-state index in [4.69, 9.17) is 0 Å². The number of amides is 1. The molecule has 6 heteroatoms. The fourth-order valence-electron chi connectivity index (χ4n) is 3.25. The number of carbonyl (C=O) groups excluding carboxylic acids is 1. The van der Waals surface area contributed by atoms with Crippen molar-refractivity contribution < 1.29 is 9.90 Å². The maximum absolute atomic E-state index is 12.8. The van der Waals surface area contributed by atoms with Crippen molar-refractivity contribution in [3.8, 4) is 0 Å². The van der Waals surface area contributed by atoms with Crippen LogP contribution in [0.3, 0.4) is 0 Å². The molecular formula is C21H26N4O2. The van der Waals surface area contributed by atoms with Crippen molar-refractivity contribution in [1.29, 1.82) is 0 Å². The summed E-state index contributed by atoms with van der Waals surface area (Å²) in [6.45, 7) is 8.11. The number of pyridine rings is 1. The molecule has 0 aliphatic heterocycles. The third-order valence-electron chi connectivity index (χ3n) is 4.79. The van der Waals surface area contributed by atoms with E-state index >= 15 is 0 Å². The van der Waals surface area contributed by atoms with Gasteiger partial charge in [0.1, 0.15) is 0 Å². The molecule has 0 radical (unpaired) electrons. The second-order valence-corrected chi connectivity index (χ2v) is 7.27. The molecule has 2 N–H and O–H groups in total. The highest BCUT2D eigenvalue weighted by Gasteiger charge is 2.18. The van der Waals surface area contributed by atoms with E-state index in [-0.39, 0.29) is 12.5 Å². The fourth-order valence-corrected chi connectivity index (χ4v) is 3.25. The summed E-state index contributed by atoms with van der Waals surface area (Å²) in [5, 5.41) is 18.4. The maximum Gasteiger partial charge on any atom is 0.252 e. The van der Waals surface area contributed by atoms with Crippen LogP contribution in [-0.4, -0.2) is 32.3 Å². The van der Waals surface area contributed by atoms with Gasteiger partial charge in [-0.15, -0.1) is 0 Å². The molecule has 2 aromatic heterocycles. The Balaban J connectivity index is 1.77. The molecule has 0 saturated carbocycles. The molecule has 1 atom stereocenters. The Morgan fingerprint density at radius 2 is 1.81 bits per heavy atom. The zero-order valence-electron chi connectivity index (χ0n) is 16.4. The summed E-state index contributed by atoms with van der Waals surface area (Å²) in [4.78, 5) is 17.2. The Hall–Kier alpha value is -2.73. The standard InChI is InChI=1S/C21H26N4O2/c1-12(2)15-6-8-16(9-7-15)18(26)11-22-21(27)17-10-13(3)23-20-19(17)14(4)24-25(20)5/h6-10,12,18,26H,11H2,1-5H3,(H,22,27). The van der Waals surface area contributed by atoms with E-state index in [2.05, 4.69) is 29.2 Å². The summed E-state index contributed by atoms with van der Waals surface area (Å²) in [7, 11) is 1.81. The molecule has 0 saturated heterocycles. The van der Waals surface area contributed by atoms with Gasteiger partial charge in [0, 0.05) is 19.3 Å². The highest BCUT2D eigenvalue weighted by Crippen LogP contribution is 2.22. The SMILES string of the molecule is Cc1cc(C(=O)NCC(O)c2ccc(C(C)C)cc2)c2c(C)nn(C)c2n1. The summed E-state index contributed by atoms with van der Waals surface area (Å²) in [5.41, 5.74) is 4.73. The third kappa shape index (κ3) is 3.85. The highest BCUT2D eigenvalue weighted by atomic mass is 16.3. The number of aryl methyl sites for hydroxylation is 3. The largest absolute Gasteiger partial charge is 0.387 e. The molecule has 3 aromatic rings. The number of nitrogens with one attached hydrogen (secondary N) is 1. The minimum atomic E-state index is -0.761. The van der Waals surface area contributed by atoms with E-state index in [1.54, 1.807) is 10.7 Å². The minimum Gasteiger partial charge on any atom is -0.387 e. The van der Waals surface area contributed by atoms with Crippen LogP contribution in [0.2, 0.25) is 0 Å². The second-order valence-electron chi connectivity index (χ2n) is 7.27. The van der Waals surface area contributed by atoms with Gasteiger partial charge in [-0.05, 0) is 37.0 Å². The van der Waals surface area contributed by atoms with Gasteiger partial charge in [-0.2, -0.15) is 5.10 Å². The number of hydrogen-bond donors (Lipinski definition) is 2. The summed E-state index contributed by atoms with van der Waals surface area (Å²) in [5.74, 6) is 0.204. The molecule has 142 valence electrons. The Labute approximate surface area is 159 Å². The van der Waals surface area contributed by atoms with Crippen molar-refractivity contribution in [2.24, 2.45) is 7.05 Å². The van der Waals surface area contributed by atoms with Crippen LogP contribution in [0.25, 0.3) is 11.0 Å². The summed E-state index contributed by atoms with van der Waals surface area (Å²) in [6.07, 6.45) is -0.761. The summed E-state index contributed by atoms with van der Waals surface area (Å²) < 4.78 is 1.68. The van der Waals surface area contributed by atoms with Gasteiger partial charge in [-0.1, -0.05) is 38.1 Å².